The maximum atomic E-state index is 11.8. The topological polar surface area (TPSA) is 78.4 Å². The molecule has 0 aromatic heterocycles. The number of amides is 1. The van der Waals surface area contributed by atoms with Crippen LogP contribution in [0.3, 0.4) is 0 Å². The molecule has 5 nitrogen and oxygen atoms in total. The van der Waals surface area contributed by atoms with E-state index in [-0.39, 0.29) is 18.4 Å². The summed E-state index contributed by atoms with van der Waals surface area (Å²) in [5, 5.41) is 14.8. The summed E-state index contributed by atoms with van der Waals surface area (Å²) in [5.41, 5.74) is 0. The Morgan fingerprint density at radius 2 is 2.11 bits per heavy atom. The van der Waals surface area contributed by atoms with Crippen molar-refractivity contribution in [3.63, 3.8) is 0 Å². The van der Waals surface area contributed by atoms with Crippen molar-refractivity contribution in [3.05, 3.63) is 0 Å². The lowest BCUT2D eigenvalue weighted by Crippen LogP contribution is -2.41. The number of carboxylic acids is 1. The average molecular weight is 270 g/mol. The molecule has 1 amide bonds. The van der Waals surface area contributed by atoms with Gasteiger partial charge in [0.15, 0.2) is 0 Å². The van der Waals surface area contributed by atoms with Gasteiger partial charge in [0.25, 0.3) is 0 Å². The maximum absolute atomic E-state index is 11.8. The molecule has 0 aromatic rings. The molecule has 0 saturated carbocycles. The van der Waals surface area contributed by atoms with Crippen LogP contribution in [-0.2, 0) is 9.59 Å². The second-order valence-electron chi connectivity index (χ2n) is 5.67. The van der Waals surface area contributed by atoms with Crippen molar-refractivity contribution in [2.24, 2.45) is 11.8 Å². The van der Waals surface area contributed by atoms with E-state index in [1.165, 1.54) is 0 Å². The first-order chi connectivity index (χ1) is 9.00. The second kappa shape index (κ2) is 8.15. The van der Waals surface area contributed by atoms with Crippen molar-refractivity contribution in [1.82, 2.24) is 10.6 Å². The molecule has 0 spiro atoms. The zero-order valence-electron chi connectivity index (χ0n) is 11.9. The Morgan fingerprint density at radius 1 is 1.37 bits per heavy atom. The largest absolute Gasteiger partial charge is 0.481 e. The van der Waals surface area contributed by atoms with E-state index in [2.05, 4.69) is 24.5 Å². The number of carbonyl (C=O) groups excluding carboxylic acids is 1. The van der Waals surface area contributed by atoms with Gasteiger partial charge in [0.1, 0.15) is 0 Å². The van der Waals surface area contributed by atoms with E-state index in [1.807, 2.05) is 0 Å². The van der Waals surface area contributed by atoms with Crippen molar-refractivity contribution < 1.29 is 14.7 Å². The van der Waals surface area contributed by atoms with Crippen LogP contribution in [0.5, 0.6) is 0 Å². The molecule has 1 aliphatic rings. The van der Waals surface area contributed by atoms with Crippen LogP contribution in [0.2, 0.25) is 0 Å². The molecule has 110 valence electrons. The molecule has 1 rings (SSSR count). The minimum absolute atomic E-state index is 0.0310. The smallest absolute Gasteiger partial charge is 0.303 e. The van der Waals surface area contributed by atoms with Gasteiger partial charge in [0.2, 0.25) is 5.91 Å². The average Bonchev–Trinajstić information content (AvgIpc) is 2.86. The number of carbonyl (C=O) groups is 2. The van der Waals surface area contributed by atoms with Crippen molar-refractivity contribution in [3.8, 4) is 0 Å². The van der Waals surface area contributed by atoms with Gasteiger partial charge in [-0.15, -0.1) is 0 Å². The van der Waals surface area contributed by atoms with Crippen molar-refractivity contribution in [2.45, 2.75) is 52.0 Å². The Labute approximate surface area is 115 Å². The predicted octanol–water partition coefficient (Wildman–Crippen LogP) is 1.38. The third-order valence-corrected chi connectivity index (χ3v) is 3.86. The van der Waals surface area contributed by atoms with Gasteiger partial charge >= 0.3 is 5.97 Å². The van der Waals surface area contributed by atoms with Gasteiger partial charge in [-0.1, -0.05) is 13.8 Å². The third kappa shape index (κ3) is 6.05. The number of nitrogens with one attached hydrogen (secondary N) is 2. The zero-order chi connectivity index (χ0) is 14.3. The molecule has 0 bridgehead atoms. The lowest BCUT2D eigenvalue weighted by molar-refractivity contribution is -0.137. The molecule has 0 aliphatic carbocycles. The van der Waals surface area contributed by atoms with Crippen LogP contribution in [0.15, 0.2) is 0 Å². The van der Waals surface area contributed by atoms with Crippen LogP contribution >= 0.6 is 0 Å². The molecule has 0 aromatic carbocycles. The highest BCUT2D eigenvalue weighted by molar-refractivity contribution is 5.81. The molecule has 1 heterocycles. The Hall–Kier alpha value is -1.10. The third-order valence-electron chi connectivity index (χ3n) is 3.86. The highest BCUT2D eigenvalue weighted by Gasteiger charge is 2.22. The Bertz CT molecular complexity index is 299. The lowest BCUT2D eigenvalue weighted by atomic mass is 9.88. The SMILES string of the molecule is CC(C)C(CCNC(=O)[C@@H]1CCCN1)CCC(=O)O. The summed E-state index contributed by atoms with van der Waals surface area (Å²) in [5.74, 6) is 0.136. The number of hydrogen-bond acceptors (Lipinski definition) is 3. The van der Waals surface area contributed by atoms with Gasteiger partial charge in [-0.3, -0.25) is 9.59 Å². The van der Waals surface area contributed by atoms with Crippen LogP contribution in [-0.4, -0.2) is 36.1 Å². The van der Waals surface area contributed by atoms with E-state index in [1.54, 1.807) is 0 Å². The molecule has 3 N–H and O–H groups in total. The number of aliphatic carboxylic acids is 1. The van der Waals surface area contributed by atoms with Crippen LogP contribution in [0.1, 0.15) is 46.0 Å². The summed E-state index contributed by atoms with van der Waals surface area (Å²) in [7, 11) is 0. The lowest BCUT2D eigenvalue weighted by Gasteiger charge is -2.20. The van der Waals surface area contributed by atoms with Gasteiger partial charge in [0, 0.05) is 13.0 Å². The zero-order valence-corrected chi connectivity index (χ0v) is 11.9. The highest BCUT2D eigenvalue weighted by Crippen LogP contribution is 2.20. The maximum Gasteiger partial charge on any atom is 0.303 e. The predicted molar refractivity (Wildman–Crippen MR) is 73.8 cm³/mol. The summed E-state index contributed by atoms with van der Waals surface area (Å²) in [4.78, 5) is 22.4. The molecular weight excluding hydrogens is 244 g/mol. The standard InChI is InChI=1S/C14H26N2O3/c1-10(2)11(5-6-13(17)18)7-9-16-14(19)12-4-3-8-15-12/h10-12,15H,3-9H2,1-2H3,(H,16,19)(H,17,18)/t11?,12-/m0/s1. The van der Waals surface area contributed by atoms with Crippen molar-refractivity contribution in [2.75, 3.05) is 13.1 Å². The normalized spacial score (nSPS) is 20.5. The monoisotopic (exact) mass is 270 g/mol. The van der Waals surface area contributed by atoms with Gasteiger partial charge in [0.05, 0.1) is 6.04 Å². The molecule has 1 aliphatic heterocycles. The van der Waals surface area contributed by atoms with Crippen molar-refractivity contribution in [1.29, 1.82) is 0 Å². The molecule has 5 heteroatoms. The van der Waals surface area contributed by atoms with Crippen LogP contribution in [0.4, 0.5) is 0 Å². The number of carboxylic acid groups (broad SMARTS) is 1. The van der Waals surface area contributed by atoms with E-state index >= 15 is 0 Å². The highest BCUT2D eigenvalue weighted by atomic mass is 16.4. The summed E-state index contributed by atoms with van der Waals surface area (Å²) in [6, 6.07) is -0.0310. The molecule has 1 unspecified atom stereocenters. The number of rotatable bonds is 8. The van der Waals surface area contributed by atoms with Gasteiger partial charge in [-0.05, 0) is 44.1 Å². The molecule has 1 saturated heterocycles. The van der Waals surface area contributed by atoms with Crippen molar-refractivity contribution >= 4 is 11.9 Å². The first-order valence-corrected chi connectivity index (χ1v) is 7.23. The number of hydrogen-bond donors (Lipinski definition) is 3. The van der Waals surface area contributed by atoms with Gasteiger partial charge in [-0.25, -0.2) is 0 Å². The summed E-state index contributed by atoms with van der Waals surface area (Å²) in [6.07, 6.45) is 3.72. The Kier molecular flexibility index (Phi) is 6.84. The summed E-state index contributed by atoms with van der Waals surface area (Å²) < 4.78 is 0. The van der Waals surface area contributed by atoms with E-state index in [0.29, 0.717) is 24.8 Å². The summed E-state index contributed by atoms with van der Waals surface area (Å²) in [6.45, 7) is 5.77. The molecule has 1 fully saturated rings. The molecule has 0 radical (unpaired) electrons. The Balaban J connectivity index is 2.23. The van der Waals surface area contributed by atoms with E-state index in [4.69, 9.17) is 5.11 Å². The molecular formula is C14H26N2O3. The van der Waals surface area contributed by atoms with Crippen LogP contribution < -0.4 is 10.6 Å². The first kappa shape index (κ1) is 16.0. The van der Waals surface area contributed by atoms with E-state index < -0.39 is 5.97 Å². The minimum atomic E-state index is -0.746. The second-order valence-corrected chi connectivity index (χ2v) is 5.67. The van der Waals surface area contributed by atoms with Gasteiger partial charge < -0.3 is 15.7 Å². The Morgan fingerprint density at radius 3 is 2.63 bits per heavy atom. The fourth-order valence-electron chi connectivity index (χ4n) is 2.53. The van der Waals surface area contributed by atoms with Crippen LogP contribution in [0, 0.1) is 11.8 Å². The first-order valence-electron chi connectivity index (χ1n) is 7.23. The van der Waals surface area contributed by atoms with Crippen LogP contribution in [0.25, 0.3) is 0 Å². The molecule has 19 heavy (non-hydrogen) atoms. The van der Waals surface area contributed by atoms with E-state index in [0.717, 1.165) is 25.8 Å². The summed E-state index contributed by atoms with van der Waals surface area (Å²) >= 11 is 0. The molecule has 2 atom stereocenters. The fourth-order valence-corrected chi connectivity index (χ4v) is 2.53. The fraction of sp³-hybridized carbons (Fsp3) is 0.857. The quantitative estimate of drug-likeness (QED) is 0.622. The van der Waals surface area contributed by atoms with E-state index in [9.17, 15) is 9.59 Å². The van der Waals surface area contributed by atoms with Gasteiger partial charge in [-0.2, -0.15) is 0 Å². The minimum Gasteiger partial charge on any atom is -0.481 e.